The van der Waals surface area contributed by atoms with E-state index in [1.165, 1.54) is 23.5 Å². The highest BCUT2D eigenvalue weighted by Gasteiger charge is 2.11. The van der Waals surface area contributed by atoms with Crippen LogP contribution in [0.3, 0.4) is 0 Å². The summed E-state index contributed by atoms with van der Waals surface area (Å²) in [6.45, 7) is 1.91. The van der Waals surface area contributed by atoms with E-state index in [9.17, 15) is 18.5 Å². The van der Waals surface area contributed by atoms with E-state index in [0.717, 1.165) is 12.3 Å². The third-order valence-corrected chi connectivity index (χ3v) is 4.60. The molecule has 11 nitrogen and oxygen atoms in total. The van der Waals surface area contributed by atoms with Crippen molar-refractivity contribution >= 4 is 43.0 Å². The number of nitro benzene ring substituents is 1. The van der Waals surface area contributed by atoms with Gasteiger partial charge >= 0.3 is 0 Å². The molecule has 1 heterocycles. The van der Waals surface area contributed by atoms with E-state index in [-0.39, 0.29) is 30.1 Å². The molecular weight excluding hydrogens is 396 g/mol. The van der Waals surface area contributed by atoms with Gasteiger partial charge in [0.15, 0.2) is 10.1 Å². The largest absolute Gasteiger partial charge is 0.359 e. The number of nitriles is 1. The number of nitrogens with one attached hydrogen (secondary N) is 1. The van der Waals surface area contributed by atoms with Gasteiger partial charge in [-0.05, 0) is 13.0 Å². The fraction of sp³-hybridized carbons (Fsp3) is 0.286. The molecule has 0 aliphatic rings. The lowest BCUT2D eigenvalue weighted by Gasteiger charge is -2.01. The molecule has 1 aromatic carbocycles. The molecule has 0 bridgehead atoms. The van der Waals surface area contributed by atoms with Crippen molar-refractivity contribution < 1.29 is 17.5 Å². The molecule has 13 heteroatoms. The standard InChI is InChI=1S/C14H14N6O5S2/c1-9-13(26-14(17-9)16-5-6-25-27(2,23)24)19-18-12-4-3-11(20(21)22)7-10(12)8-15/h3-4,7H,5-6H2,1-2H3,(H,16,17). The Hall–Kier alpha value is -2.95. The molecule has 0 unspecified atom stereocenters. The SMILES string of the molecule is Cc1nc(NCCOS(C)(=O)=O)sc1N=Nc1ccc([N+](=O)[O-])cc1C#N. The number of non-ortho nitro benzene ring substituents is 1. The zero-order valence-corrected chi connectivity index (χ0v) is 15.9. The summed E-state index contributed by atoms with van der Waals surface area (Å²) in [5.74, 6) is 0. The van der Waals surface area contributed by atoms with E-state index < -0.39 is 15.0 Å². The van der Waals surface area contributed by atoms with Gasteiger partial charge < -0.3 is 5.32 Å². The highest BCUT2D eigenvalue weighted by Crippen LogP contribution is 2.33. The van der Waals surface area contributed by atoms with Gasteiger partial charge in [-0.3, -0.25) is 14.3 Å². The van der Waals surface area contributed by atoms with Crippen LogP contribution in [0.5, 0.6) is 0 Å². The van der Waals surface area contributed by atoms with E-state index in [2.05, 4.69) is 24.7 Å². The first-order valence-corrected chi connectivity index (χ1v) is 9.99. The molecule has 0 amide bonds. The minimum absolute atomic E-state index is 0.0337. The zero-order chi connectivity index (χ0) is 20.0. The van der Waals surface area contributed by atoms with Crippen molar-refractivity contribution in [2.75, 3.05) is 24.7 Å². The molecule has 0 aliphatic carbocycles. The molecule has 0 saturated heterocycles. The molecule has 2 aromatic rings. The van der Waals surface area contributed by atoms with E-state index in [1.807, 2.05) is 6.07 Å². The maximum Gasteiger partial charge on any atom is 0.270 e. The molecule has 0 radical (unpaired) electrons. The van der Waals surface area contributed by atoms with Crippen molar-refractivity contribution in [3.63, 3.8) is 0 Å². The summed E-state index contributed by atoms with van der Waals surface area (Å²) in [5, 5.41) is 31.8. The fourth-order valence-corrected chi connectivity index (χ4v) is 3.02. The van der Waals surface area contributed by atoms with Crippen molar-refractivity contribution in [2.24, 2.45) is 10.2 Å². The molecule has 2 rings (SSSR count). The van der Waals surface area contributed by atoms with Gasteiger partial charge in [-0.2, -0.15) is 13.7 Å². The van der Waals surface area contributed by atoms with Gasteiger partial charge in [0.25, 0.3) is 15.8 Å². The summed E-state index contributed by atoms with van der Waals surface area (Å²) in [6.07, 6.45) is 0.965. The molecule has 1 aromatic heterocycles. The molecule has 0 saturated carbocycles. The van der Waals surface area contributed by atoms with Gasteiger partial charge in [0.05, 0.1) is 29.0 Å². The highest BCUT2D eigenvalue weighted by molar-refractivity contribution is 7.85. The number of hydrogen-bond donors (Lipinski definition) is 1. The van der Waals surface area contributed by atoms with Crippen LogP contribution >= 0.6 is 11.3 Å². The van der Waals surface area contributed by atoms with Crippen molar-refractivity contribution in [2.45, 2.75) is 6.92 Å². The number of nitro groups is 1. The van der Waals surface area contributed by atoms with Crippen LogP contribution in [-0.4, -0.2) is 37.7 Å². The van der Waals surface area contributed by atoms with Gasteiger partial charge in [0.1, 0.15) is 11.8 Å². The third kappa shape index (κ3) is 6.06. The van der Waals surface area contributed by atoms with Crippen molar-refractivity contribution in [1.82, 2.24) is 4.98 Å². The van der Waals surface area contributed by atoms with Crippen LogP contribution in [0, 0.1) is 28.4 Å². The molecule has 0 spiro atoms. The van der Waals surface area contributed by atoms with Crippen LogP contribution in [0.2, 0.25) is 0 Å². The maximum absolute atomic E-state index is 10.9. The van der Waals surface area contributed by atoms with Crippen LogP contribution in [0.25, 0.3) is 0 Å². The lowest BCUT2D eigenvalue weighted by molar-refractivity contribution is -0.384. The van der Waals surface area contributed by atoms with Crippen LogP contribution in [-0.2, 0) is 14.3 Å². The Bertz CT molecular complexity index is 1030. The molecule has 142 valence electrons. The lowest BCUT2D eigenvalue weighted by atomic mass is 10.2. The number of anilines is 1. The van der Waals surface area contributed by atoms with E-state index in [1.54, 1.807) is 6.92 Å². The minimum atomic E-state index is -3.49. The smallest absolute Gasteiger partial charge is 0.270 e. The van der Waals surface area contributed by atoms with Crippen LogP contribution in [0.1, 0.15) is 11.3 Å². The van der Waals surface area contributed by atoms with Crippen molar-refractivity contribution in [3.05, 3.63) is 39.6 Å². The molecule has 0 atom stereocenters. The molecule has 1 N–H and O–H groups in total. The molecular formula is C14H14N6O5S2. The Morgan fingerprint density at radius 2 is 2.19 bits per heavy atom. The number of benzene rings is 1. The zero-order valence-electron chi connectivity index (χ0n) is 14.2. The normalized spacial score (nSPS) is 11.4. The van der Waals surface area contributed by atoms with Gasteiger partial charge in [0.2, 0.25) is 0 Å². The third-order valence-electron chi connectivity index (χ3n) is 3.01. The summed E-state index contributed by atoms with van der Waals surface area (Å²) in [5.41, 5.74) is 0.608. The van der Waals surface area contributed by atoms with E-state index in [4.69, 9.17) is 5.26 Å². The topological polar surface area (TPSA) is 160 Å². The second-order valence-corrected chi connectivity index (χ2v) is 7.75. The second-order valence-electron chi connectivity index (χ2n) is 5.13. The summed E-state index contributed by atoms with van der Waals surface area (Å²) >= 11 is 1.18. The number of rotatable bonds is 8. The van der Waals surface area contributed by atoms with E-state index in [0.29, 0.717) is 15.8 Å². The summed E-state index contributed by atoms with van der Waals surface area (Å²) in [6, 6.07) is 5.56. The Kier molecular flexibility index (Phi) is 6.50. The first kappa shape index (κ1) is 20.4. The average molecular weight is 410 g/mol. The Morgan fingerprint density at radius 3 is 2.81 bits per heavy atom. The summed E-state index contributed by atoms with van der Waals surface area (Å²) in [7, 11) is -3.49. The Balaban J connectivity index is 2.09. The average Bonchev–Trinajstić information content (AvgIpc) is 2.95. The first-order chi connectivity index (χ1) is 12.7. The molecule has 0 aliphatic heterocycles. The number of hydrogen-bond acceptors (Lipinski definition) is 11. The van der Waals surface area contributed by atoms with E-state index >= 15 is 0 Å². The second kappa shape index (κ2) is 8.62. The van der Waals surface area contributed by atoms with Gasteiger partial charge in [-0.15, -0.1) is 10.2 Å². The Morgan fingerprint density at radius 1 is 1.44 bits per heavy atom. The van der Waals surface area contributed by atoms with Crippen LogP contribution < -0.4 is 5.32 Å². The number of azo groups is 1. The molecule has 27 heavy (non-hydrogen) atoms. The van der Waals surface area contributed by atoms with Crippen LogP contribution in [0.15, 0.2) is 28.4 Å². The van der Waals surface area contributed by atoms with Gasteiger partial charge in [0, 0.05) is 18.7 Å². The Labute approximate surface area is 158 Å². The van der Waals surface area contributed by atoms with Gasteiger partial charge in [-0.25, -0.2) is 4.98 Å². The number of nitrogens with zero attached hydrogens (tertiary/aromatic N) is 5. The van der Waals surface area contributed by atoms with Crippen molar-refractivity contribution in [3.8, 4) is 6.07 Å². The van der Waals surface area contributed by atoms with Crippen LogP contribution in [0.4, 0.5) is 21.5 Å². The van der Waals surface area contributed by atoms with Gasteiger partial charge in [-0.1, -0.05) is 11.3 Å². The lowest BCUT2D eigenvalue weighted by Crippen LogP contribution is -2.12. The summed E-state index contributed by atoms with van der Waals surface area (Å²) < 4.78 is 26.4. The number of thiazole rings is 1. The first-order valence-electron chi connectivity index (χ1n) is 7.35. The predicted octanol–water partition coefficient (Wildman–Crippen LogP) is 3.03. The number of aryl methyl sites for hydroxylation is 1. The quantitative estimate of drug-likeness (QED) is 0.228. The predicted molar refractivity (Wildman–Crippen MR) is 98.1 cm³/mol. The van der Waals surface area contributed by atoms with Crippen molar-refractivity contribution in [1.29, 1.82) is 5.26 Å². The minimum Gasteiger partial charge on any atom is -0.359 e. The summed E-state index contributed by atoms with van der Waals surface area (Å²) in [4.78, 5) is 14.4. The monoisotopic (exact) mass is 410 g/mol. The highest BCUT2D eigenvalue weighted by atomic mass is 32.2. The number of aromatic nitrogens is 1. The molecule has 0 fully saturated rings. The maximum atomic E-state index is 10.9. The fourth-order valence-electron chi connectivity index (χ4n) is 1.82.